The van der Waals surface area contributed by atoms with Gasteiger partial charge in [-0.1, -0.05) is 59.3 Å². The molecule has 0 radical (unpaired) electrons. The minimum atomic E-state index is -1.37. The molecule has 6 amide bonds. The normalized spacial score (nSPS) is 12.9. The molecule has 0 rings (SSSR count). The second kappa shape index (κ2) is 44.1. The first-order chi connectivity index (χ1) is 32.9. The van der Waals surface area contributed by atoms with Crippen molar-refractivity contribution in [1.82, 2.24) is 42.5 Å². The predicted octanol–water partition coefficient (Wildman–Crippen LogP) is -0.274. The molecule has 0 fully saturated rings. The van der Waals surface area contributed by atoms with E-state index in [-0.39, 0.29) is 51.6 Å². The molecule has 0 bridgehead atoms. The highest BCUT2D eigenvalue weighted by atomic mass is 16.5. The van der Waals surface area contributed by atoms with Gasteiger partial charge in [-0.3, -0.25) is 38.4 Å². The third-order valence-electron chi connectivity index (χ3n) is 10.9. The van der Waals surface area contributed by atoms with Crippen molar-refractivity contribution in [3.05, 3.63) is 0 Å². The average molecular weight is 971 g/mol. The molecule has 0 saturated carbocycles. The van der Waals surface area contributed by atoms with Crippen LogP contribution in [0.15, 0.2) is 0 Å². The Kier molecular flexibility index (Phi) is 41.4. The number of hydrogen-bond acceptors (Lipinski definition) is 15. The molecule has 12 N–H and O–H groups in total. The molecule has 0 aliphatic heterocycles. The molecule has 394 valence electrons. The molecule has 68 heavy (non-hydrogen) atoms. The van der Waals surface area contributed by atoms with Crippen molar-refractivity contribution in [1.29, 1.82) is 0 Å². The molecule has 0 saturated heterocycles. The van der Waals surface area contributed by atoms with Gasteiger partial charge in [0.25, 0.3) is 0 Å². The highest BCUT2D eigenvalue weighted by Crippen LogP contribution is 2.19. The van der Waals surface area contributed by atoms with E-state index in [0.29, 0.717) is 78.6 Å². The summed E-state index contributed by atoms with van der Waals surface area (Å²) in [5.41, 5.74) is 11.1. The molecule has 21 nitrogen and oxygen atoms in total. The van der Waals surface area contributed by atoms with Crippen LogP contribution in [-0.4, -0.2) is 165 Å². The van der Waals surface area contributed by atoms with Gasteiger partial charge >= 0.3 is 0 Å². The largest absolute Gasteiger partial charge is 0.382 e. The lowest BCUT2D eigenvalue weighted by atomic mass is 9.88. The van der Waals surface area contributed by atoms with Crippen LogP contribution in [0.3, 0.4) is 0 Å². The Labute approximate surface area is 405 Å². The predicted molar refractivity (Wildman–Crippen MR) is 261 cm³/mol. The van der Waals surface area contributed by atoms with Gasteiger partial charge in [0.2, 0.25) is 35.4 Å². The molecule has 0 spiro atoms. The second-order valence-electron chi connectivity index (χ2n) is 16.8. The number of nitrogens with two attached hydrogens (primary N) is 2. The summed E-state index contributed by atoms with van der Waals surface area (Å²) in [5.74, 6) is -7.31. The van der Waals surface area contributed by atoms with Gasteiger partial charge in [-0.15, -0.1) is 0 Å². The first-order valence-corrected chi connectivity index (χ1v) is 25.0. The molecular weight excluding hydrogens is 881 g/mol. The Hall–Kier alpha value is -4.12. The zero-order valence-corrected chi connectivity index (χ0v) is 41.9. The lowest BCUT2D eigenvalue weighted by molar-refractivity contribution is -0.136. The second-order valence-corrected chi connectivity index (χ2v) is 16.8. The van der Waals surface area contributed by atoms with Gasteiger partial charge in [0.05, 0.1) is 57.3 Å². The fourth-order valence-corrected chi connectivity index (χ4v) is 6.94. The van der Waals surface area contributed by atoms with Crippen LogP contribution in [0.5, 0.6) is 0 Å². The number of unbranched alkanes of at least 4 members (excludes halogenated alkanes) is 6. The molecule has 0 aliphatic carbocycles. The topological polar surface area (TPSA) is 313 Å². The summed E-state index contributed by atoms with van der Waals surface area (Å²) >= 11 is 0. The van der Waals surface area contributed by atoms with Gasteiger partial charge in [0, 0.05) is 117 Å². The number of Topliss-reactive ketones (excluding diaryl/α,β-unsaturated/α-hetero) is 2. The zero-order valence-electron chi connectivity index (χ0n) is 41.9. The standard InChI is InChI=1S/C47H90N10O11/c1-5-8-10-12-16-52-43(61)35-40(57-44(62)33-36(7-3)45(63)54-17-13-11-9-6-2)41(59)32-37(46(64)55-23-21-51-19-15-49)30-39(58)31-38(34-42(60)53-22-20-50-18-14-48)47(65)56-24-25-67-28-29-68-27-26-66-4/h36-38,40,50-51H,5-35,48-49H2,1-4H3,(H,52,61)(H,53,60)(H,54,63)(H,55,64)(H,56,65)(H,57,62). The van der Waals surface area contributed by atoms with Crippen LogP contribution in [0, 0.1) is 17.8 Å². The maximum Gasteiger partial charge on any atom is 0.224 e. The third-order valence-corrected chi connectivity index (χ3v) is 10.9. The van der Waals surface area contributed by atoms with Crippen molar-refractivity contribution < 1.29 is 52.6 Å². The molecular formula is C47H90N10O11. The quantitative estimate of drug-likeness (QED) is 0.0351. The van der Waals surface area contributed by atoms with Crippen LogP contribution >= 0.6 is 0 Å². The number of carbonyl (C=O) groups is 8. The van der Waals surface area contributed by atoms with E-state index in [9.17, 15) is 38.4 Å². The SMILES string of the molecule is CCCCCCNC(=O)CC(NC(=O)CC(CC)C(=O)NCCCCCC)C(=O)CC(CC(=O)CC(CC(=O)NCCNCCN)C(=O)NCCOCCOCCOC)C(=O)NCCNCCN. The number of ether oxygens (including phenoxy) is 3. The zero-order chi connectivity index (χ0) is 50.6. The summed E-state index contributed by atoms with van der Waals surface area (Å²) in [7, 11) is 1.57. The summed E-state index contributed by atoms with van der Waals surface area (Å²) in [6.07, 6.45) is 5.48. The first kappa shape index (κ1) is 63.9. The van der Waals surface area contributed by atoms with Crippen molar-refractivity contribution >= 4 is 47.0 Å². The molecule has 0 aromatic rings. The van der Waals surface area contributed by atoms with Crippen LogP contribution in [0.4, 0.5) is 0 Å². The van der Waals surface area contributed by atoms with Gasteiger partial charge in [0.1, 0.15) is 5.78 Å². The Balaban J connectivity index is 6.31. The van der Waals surface area contributed by atoms with Crippen LogP contribution in [-0.2, 0) is 52.6 Å². The lowest BCUT2D eigenvalue weighted by Crippen LogP contribution is -2.47. The van der Waals surface area contributed by atoms with Gasteiger partial charge in [-0.25, -0.2) is 0 Å². The summed E-state index contributed by atoms with van der Waals surface area (Å²) in [6.45, 7) is 11.5. The molecule has 0 aromatic carbocycles. The van der Waals surface area contributed by atoms with Crippen LogP contribution in [0.25, 0.3) is 0 Å². The number of ketones is 2. The lowest BCUT2D eigenvalue weighted by Gasteiger charge is -2.23. The van der Waals surface area contributed by atoms with E-state index >= 15 is 0 Å². The highest BCUT2D eigenvalue weighted by Gasteiger charge is 2.33. The van der Waals surface area contributed by atoms with Crippen LogP contribution in [0.2, 0.25) is 0 Å². The smallest absolute Gasteiger partial charge is 0.224 e. The summed E-state index contributed by atoms with van der Waals surface area (Å²) < 4.78 is 15.8. The number of rotatable bonds is 47. The van der Waals surface area contributed by atoms with E-state index in [1.165, 1.54) is 0 Å². The maximum atomic E-state index is 14.2. The molecule has 0 aliphatic rings. The van der Waals surface area contributed by atoms with E-state index in [0.717, 1.165) is 51.4 Å². The van der Waals surface area contributed by atoms with Crippen molar-refractivity contribution in [2.75, 3.05) is 112 Å². The summed E-state index contributed by atoms with van der Waals surface area (Å²) in [5, 5.41) is 22.7. The Morgan fingerprint density at radius 3 is 1.49 bits per heavy atom. The molecule has 21 heteroatoms. The maximum absolute atomic E-state index is 14.2. The van der Waals surface area contributed by atoms with E-state index in [1.807, 2.05) is 0 Å². The fourth-order valence-electron chi connectivity index (χ4n) is 6.94. The average Bonchev–Trinajstić information content (AvgIpc) is 3.31. The Bertz CT molecular complexity index is 1410. The number of carbonyl (C=O) groups excluding carboxylic acids is 8. The van der Waals surface area contributed by atoms with E-state index in [2.05, 4.69) is 56.4 Å². The Morgan fingerprint density at radius 1 is 0.441 bits per heavy atom. The van der Waals surface area contributed by atoms with Crippen molar-refractivity contribution in [2.24, 2.45) is 29.2 Å². The number of hydrogen-bond donors (Lipinski definition) is 10. The minimum absolute atomic E-state index is 0.0894. The van der Waals surface area contributed by atoms with E-state index < -0.39 is 90.6 Å². The number of amides is 6. The van der Waals surface area contributed by atoms with Gasteiger partial charge in [-0.2, -0.15) is 0 Å². The highest BCUT2D eigenvalue weighted by molar-refractivity contribution is 5.98. The van der Waals surface area contributed by atoms with E-state index in [1.54, 1.807) is 14.0 Å². The molecule has 0 aromatic heterocycles. The van der Waals surface area contributed by atoms with Crippen LogP contribution < -0.4 is 54.0 Å². The summed E-state index contributed by atoms with van der Waals surface area (Å²) in [4.78, 5) is 108. The van der Waals surface area contributed by atoms with Crippen molar-refractivity contribution in [2.45, 2.75) is 123 Å². The van der Waals surface area contributed by atoms with Gasteiger partial charge < -0.3 is 68.2 Å². The van der Waals surface area contributed by atoms with E-state index in [4.69, 9.17) is 25.7 Å². The van der Waals surface area contributed by atoms with Gasteiger partial charge in [-0.05, 0) is 19.3 Å². The molecule has 4 atom stereocenters. The molecule has 0 heterocycles. The summed E-state index contributed by atoms with van der Waals surface area (Å²) in [6, 6.07) is -1.37. The third kappa shape index (κ3) is 35.1. The monoisotopic (exact) mass is 971 g/mol. The van der Waals surface area contributed by atoms with Crippen molar-refractivity contribution in [3.63, 3.8) is 0 Å². The first-order valence-electron chi connectivity index (χ1n) is 25.0. The number of methoxy groups -OCH3 is 1. The Morgan fingerprint density at radius 2 is 0.912 bits per heavy atom. The fraction of sp³-hybridized carbons (Fsp3) is 0.830. The minimum Gasteiger partial charge on any atom is -0.382 e. The molecule has 4 unspecified atom stereocenters. The van der Waals surface area contributed by atoms with Crippen molar-refractivity contribution in [3.8, 4) is 0 Å². The van der Waals surface area contributed by atoms with Gasteiger partial charge in [0.15, 0.2) is 5.78 Å². The van der Waals surface area contributed by atoms with Crippen LogP contribution in [0.1, 0.15) is 117 Å². The number of nitrogens with one attached hydrogen (secondary N) is 8.